The molecule has 0 bridgehead atoms. The molecule has 3 heteroatoms. The molecule has 6 rings (SSSR count). The maximum atomic E-state index is 8.29. The van der Waals surface area contributed by atoms with Crippen LogP contribution in [0.1, 0.15) is 5.56 Å². The average molecular weight is 418 g/mol. The zero-order chi connectivity index (χ0) is 20.3. The van der Waals surface area contributed by atoms with Gasteiger partial charge in [-0.25, -0.2) is 0 Å². The van der Waals surface area contributed by atoms with Crippen LogP contribution in [0.5, 0.6) is 0 Å². The van der Waals surface area contributed by atoms with Crippen LogP contribution < -0.4 is 0 Å². The van der Waals surface area contributed by atoms with Crippen molar-refractivity contribution in [1.82, 2.24) is 0 Å². The van der Waals surface area contributed by atoms with Gasteiger partial charge in [0, 0.05) is 0 Å². The molecule has 32 heavy (non-hydrogen) atoms. The van der Waals surface area contributed by atoms with E-state index in [4.69, 9.17) is 5.26 Å². The largest absolute Gasteiger partial charge is 0.412 e. The van der Waals surface area contributed by atoms with E-state index in [9.17, 15) is 0 Å². The second-order valence-corrected chi connectivity index (χ2v) is 7.38. The van der Waals surface area contributed by atoms with Crippen LogP contribution in [0, 0.1) is 11.3 Å². The molecule has 0 radical (unpaired) electrons. The zero-order valence-corrected chi connectivity index (χ0v) is 17.4. The van der Waals surface area contributed by atoms with Gasteiger partial charge in [0.25, 0.3) is 0 Å². The summed E-state index contributed by atoms with van der Waals surface area (Å²) in [7, 11) is 0. The molecule has 0 unspecified atom stereocenters. The van der Waals surface area contributed by atoms with Crippen molar-refractivity contribution in [1.29, 1.82) is 5.26 Å². The van der Waals surface area contributed by atoms with E-state index in [2.05, 4.69) is 84.9 Å². The van der Waals surface area contributed by atoms with E-state index < -0.39 is 0 Å². The molecule has 0 aliphatic carbocycles. The second-order valence-electron chi connectivity index (χ2n) is 7.38. The lowest BCUT2D eigenvalue weighted by Gasteiger charge is -2.08. The molecule has 0 spiro atoms. The van der Waals surface area contributed by atoms with Crippen molar-refractivity contribution < 1.29 is 11.0 Å². The first kappa shape index (κ1) is 22.5. The Morgan fingerprint density at radius 3 is 1.16 bits per heavy atom. The lowest BCUT2D eigenvalue weighted by atomic mass is 9.96. The Morgan fingerprint density at radius 2 is 0.781 bits per heavy atom. The van der Waals surface area contributed by atoms with Crippen molar-refractivity contribution in [3.05, 3.63) is 121 Å². The molecule has 0 saturated carbocycles. The molecule has 156 valence electrons. The second kappa shape index (κ2) is 9.72. The van der Waals surface area contributed by atoms with Gasteiger partial charge in [-0.1, -0.05) is 78.9 Å². The fourth-order valence-electron chi connectivity index (χ4n) is 3.95. The van der Waals surface area contributed by atoms with Crippen LogP contribution in [0.15, 0.2) is 115 Å². The highest BCUT2D eigenvalue weighted by Crippen LogP contribution is 2.32. The summed E-state index contributed by atoms with van der Waals surface area (Å²) in [5, 5.41) is 18.8. The van der Waals surface area contributed by atoms with Crippen molar-refractivity contribution in [2.75, 3.05) is 0 Å². The normalized spacial score (nSPS) is 9.97. The average Bonchev–Trinajstić information content (AvgIpc) is 2.82. The van der Waals surface area contributed by atoms with Crippen LogP contribution >= 0.6 is 0 Å². The van der Waals surface area contributed by atoms with Gasteiger partial charge >= 0.3 is 0 Å². The van der Waals surface area contributed by atoms with E-state index >= 15 is 0 Å². The lowest BCUT2D eigenvalue weighted by molar-refractivity contribution is 0.823. The summed E-state index contributed by atoms with van der Waals surface area (Å²) in [4.78, 5) is 0. The molecule has 0 aliphatic rings. The third kappa shape index (κ3) is 4.28. The van der Waals surface area contributed by atoms with Gasteiger partial charge in [-0.05, 0) is 79.5 Å². The zero-order valence-electron chi connectivity index (χ0n) is 17.4. The van der Waals surface area contributed by atoms with Gasteiger partial charge < -0.3 is 11.0 Å². The molecule has 0 heterocycles. The predicted octanol–water partition coefficient (Wildman–Crippen LogP) is 6.21. The van der Waals surface area contributed by atoms with Crippen molar-refractivity contribution in [3.8, 4) is 6.07 Å². The number of hydrogen-bond acceptors (Lipinski definition) is 1. The number of nitrogens with zero attached hydrogens (tertiary/aromatic N) is 1. The molecule has 0 fully saturated rings. The first-order valence-electron chi connectivity index (χ1n) is 10.0. The van der Waals surface area contributed by atoms with Gasteiger partial charge in [-0.15, -0.1) is 0 Å². The highest BCUT2D eigenvalue weighted by molar-refractivity contribution is 6.15. The molecule has 0 aromatic heterocycles. The van der Waals surface area contributed by atoms with Crippen LogP contribution in [-0.4, -0.2) is 11.0 Å². The van der Waals surface area contributed by atoms with E-state index in [1.165, 1.54) is 43.1 Å². The summed E-state index contributed by atoms with van der Waals surface area (Å²) >= 11 is 0. The predicted molar refractivity (Wildman–Crippen MR) is 135 cm³/mol. The van der Waals surface area contributed by atoms with Crippen LogP contribution in [0.25, 0.3) is 43.1 Å². The van der Waals surface area contributed by atoms with Crippen molar-refractivity contribution in [3.63, 3.8) is 0 Å². The summed E-state index contributed by atoms with van der Waals surface area (Å²) < 4.78 is 0. The van der Waals surface area contributed by atoms with Crippen LogP contribution in [0.4, 0.5) is 0 Å². The lowest BCUT2D eigenvalue weighted by Crippen LogP contribution is -1.81. The number of hydrogen-bond donors (Lipinski definition) is 0. The van der Waals surface area contributed by atoms with E-state index in [0.29, 0.717) is 5.56 Å². The Morgan fingerprint density at radius 1 is 0.406 bits per heavy atom. The fourth-order valence-corrected chi connectivity index (χ4v) is 3.95. The molecule has 0 amide bonds. The summed E-state index contributed by atoms with van der Waals surface area (Å²) in [5.41, 5.74) is 0.715. The number of nitriles is 1. The summed E-state index contributed by atoms with van der Waals surface area (Å²) in [6, 6.07) is 42.0. The monoisotopic (exact) mass is 417 g/mol. The molecule has 0 atom stereocenters. The minimum atomic E-state index is 0. The van der Waals surface area contributed by atoms with E-state index in [1.54, 1.807) is 12.1 Å². The standard InChI is InChI=1S/C22H14.C7H5N.2H2O/c1-3-7-17-13-21-19(11-15(17)5-1)9-10-20-12-16-6-2-4-8-18(16)14-22(20)21;8-6-7-4-2-1-3-5-7;;/h1-14H;1-5H;2*1H2. The minimum Gasteiger partial charge on any atom is -0.412 e. The first-order chi connectivity index (χ1) is 14.8. The quantitative estimate of drug-likeness (QED) is 0.213. The Balaban J connectivity index is 0.000000249. The molecular weight excluding hydrogens is 394 g/mol. The SMILES string of the molecule is N#Cc1ccccc1.O.O.c1ccc2cc3c(ccc4cc5ccccc5cc43)cc2c1. The molecule has 0 saturated heterocycles. The molecule has 3 nitrogen and oxygen atoms in total. The Hall–Kier alpha value is -4.23. The van der Waals surface area contributed by atoms with Gasteiger partial charge in [-0.2, -0.15) is 5.26 Å². The van der Waals surface area contributed by atoms with E-state index in [-0.39, 0.29) is 11.0 Å². The topological polar surface area (TPSA) is 86.8 Å². The maximum absolute atomic E-state index is 8.29. The van der Waals surface area contributed by atoms with Gasteiger partial charge in [-0.3, -0.25) is 0 Å². The Kier molecular flexibility index (Phi) is 6.82. The maximum Gasteiger partial charge on any atom is 0.0991 e. The third-order valence-electron chi connectivity index (χ3n) is 5.47. The van der Waals surface area contributed by atoms with Crippen LogP contribution in [0.3, 0.4) is 0 Å². The smallest absolute Gasteiger partial charge is 0.0991 e. The highest BCUT2D eigenvalue weighted by atomic mass is 16.0. The summed E-state index contributed by atoms with van der Waals surface area (Å²) in [6.07, 6.45) is 0. The molecule has 0 aliphatic heterocycles. The van der Waals surface area contributed by atoms with Crippen molar-refractivity contribution in [2.45, 2.75) is 0 Å². The molecule has 6 aromatic rings. The van der Waals surface area contributed by atoms with Gasteiger partial charge in [0.2, 0.25) is 0 Å². The van der Waals surface area contributed by atoms with Gasteiger partial charge in [0.05, 0.1) is 11.6 Å². The van der Waals surface area contributed by atoms with Gasteiger partial charge in [0.1, 0.15) is 0 Å². The Labute approximate surface area is 186 Å². The van der Waals surface area contributed by atoms with Crippen LogP contribution in [0.2, 0.25) is 0 Å². The molecular formula is C29H23NO2. The first-order valence-corrected chi connectivity index (χ1v) is 10.0. The number of rotatable bonds is 0. The fraction of sp³-hybridized carbons (Fsp3) is 0. The number of benzene rings is 6. The number of fused-ring (bicyclic) bond motifs is 5. The van der Waals surface area contributed by atoms with Crippen molar-refractivity contribution >= 4 is 43.1 Å². The highest BCUT2D eigenvalue weighted by Gasteiger charge is 2.04. The molecule has 4 N–H and O–H groups in total. The van der Waals surface area contributed by atoms with Crippen LogP contribution in [-0.2, 0) is 0 Å². The van der Waals surface area contributed by atoms with E-state index in [0.717, 1.165) is 0 Å². The summed E-state index contributed by atoms with van der Waals surface area (Å²) in [6.45, 7) is 0. The van der Waals surface area contributed by atoms with Gasteiger partial charge in [0.15, 0.2) is 0 Å². The Bertz CT molecular complexity index is 1460. The summed E-state index contributed by atoms with van der Waals surface area (Å²) in [5.74, 6) is 0. The molecule has 6 aromatic carbocycles. The minimum absolute atomic E-state index is 0. The van der Waals surface area contributed by atoms with E-state index in [1.807, 2.05) is 24.3 Å². The third-order valence-corrected chi connectivity index (χ3v) is 5.47. The van der Waals surface area contributed by atoms with Crippen molar-refractivity contribution in [2.24, 2.45) is 0 Å².